The highest BCUT2D eigenvalue weighted by Crippen LogP contribution is 2.35. The van der Waals surface area contributed by atoms with Gasteiger partial charge in [-0.15, -0.1) is 0 Å². The summed E-state index contributed by atoms with van der Waals surface area (Å²) >= 11 is 0. The van der Waals surface area contributed by atoms with Crippen molar-refractivity contribution in [1.29, 1.82) is 0 Å². The molecule has 0 aliphatic carbocycles. The molecular formula is C28H29N3O3. The van der Waals surface area contributed by atoms with Crippen LogP contribution in [0.1, 0.15) is 45.1 Å². The fraction of sp³-hybridized carbons (Fsp3) is 0.250. The van der Waals surface area contributed by atoms with Crippen LogP contribution in [-0.4, -0.2) is 36.7 Å². The normalized spacial score (nSPS) is 12.5. The van der Waals surface area contributed by atoms with E-state index in [1.807, 2.05) is 87.5 Å². The van der Waals surface area contributed by atoms with Crippen LogP contribution in [0.5, 0.6) is 0 Å². The minimum absolute atomic E-state index is 0.305. The lowest BCUT2D eigenvalue weighted by Gasteiger charge is -2.33. The van der Waals surface area contributed by atoms with Crippen LogP contribution in [0.25, 0.3) is 33.3 Å². The summed E-state index contributed by atoms with van der Waals surface area (Å²) < 4.78 is 0. The highest BCUT2D eigenvalue weighted by Gasteiger charge is 2.26. The molecule has 0 spiro atoms. The Morgan fingerprint density at radius 2 is 1.68 bits per heavy atom. The van der Waals surface area contributed by atoms with E-state index >= 15 is 0 Å². The van der Waals surface area contributed by atoms with Gasteiger partial charge in [0, 0.05) is 34.8 Å². The van der Waals surface area contributed by atoms with Crippen molar-refractivity contribution in [2.75, 3.05) is 0 Å². The second kappa shape index (κ2) is 9.23. The molecule has 0 aliphatic heterocycles. The van der Waals surface area contributed by atoms with Crippen molar-refractivity contribution in [2.24, 2.45) is 0 Å². The number of carboxylic acid groups (broad SMARTS) is 1. The predicted molar refractivity (Wildman–Crippen MR) is 134 cm³/mol. The van der Waals surface area contributed by atoms with Gasteiger partial charge in [0.05, 0.1) is 23.0 Å². The maximum absolute atomic E-state index is 11.7. The molecule has 1 unspecified atom stereocenters. The van der Waals surface area contributed by atoms with E-state index in [1.165, 1.54) is 4.90 Å². The minimum atomic E-state index is -0.943. The Bertz CT molecular complexity index is 1310. The quantitative estimate of drug-likeness (QED) is 0.369. The zero-order chi connectivity index (χ0) is 24.5. The molecule has 174 valence electrons. The highest BCUT2D eigenvalue weighted by molar-refractivity contribution is 5.92. The maximum Gasteiger partial charge on any atom is 0.408 e. The molecule has 0 radical (unpaired) electrons. The molecule has 0 fully saturated rings. The van der Waals surface area contributed by atoms with Gasteiger partial charge in [0.2, 0.25) is 0 Å². The highest BCUT2D eigenvalue weighted by atomic mass is 16.4. The first-order valence-corrected chi connectivity index (χ1v) is 11.3. The largest absolute Gasteiger partial charge is 0.465 e. The Kier molecular flexibility index (Phi) is 6.35. The summed E-state index contributed by atoms with van der Waals surface area (Å²) in [7, 11) is 0. The molecule has 6 heteroatoms. The first-order valence-electron chi connectivity index (χ1n) is 11.3. The van der Waals surface area contributed by atoms with Gasteiger partial charge in [-0.2, -0.15) is 0 Å². The monoisotopic (exact) mass is 455 g/mol. The van der Waals surface area contributed by atoms with Crippen molar-refractivity contribution in [1.82, 2.24) is 14.9 Å². The summed E-state index contributed by atoms with van der Waals surface area (Å²) in [5.41, 5.74) is 5.47. The van der Waals surface area contributed by atoms with Crippen LogP contribution < -0.4 is 0 Å². The van der Waals surface area contributed by atoms with Gasteiger partial charge in [-0.1, -0.05) is 54.6 Å². The van der Waals surface area contributed by atoms with Crippen LogP contribution in [0.4, 0.5) is 4.79 Å². The number of amides is 1. The number of rotatable bonds is 5. The fourth-order valence-electron chi connectivity index (χ4n) is 4.05. The van der Waals surface area contributed by atoms with E-state index in [-0.39, 0.29) is 0 Å². The summed E-state index contributed by atoms with van der Waals surface area (Å²) in [5, 5.41) is 20.7. The summed E-state index contributed by atoms with van der Waals surface area (Å²) in [6.07, 6.45) is 0.0142. The third kappa shape index (κ3) is 4.77. The molecule has 0 saturated carbocycles. The molecule has 0 bridgehead atoms. The van der Waals surface area contributed by atoms with Crippen LogP contribution in [0.3, 0.4) is 0 Å². The third-order valence-electron chi connectivity index (χ3n) is 5.86. The van der Waals surface area contributed by atoms with Crippen LogP contribution in [-0.2, 0) is 6.54 Å². The topological polar surface area (TPSA) is 86.6 Å². The third-order valence-corrected chi connectivity index (χ3v) is 5.86. The van der Waals surface area contributed by atoms with E-state index in [1.54, 1.807) is 13.1 Å². The van der Waals surface area contributed by atoms with Gasteiger partial charge >= 0.3 is 6.09 Å². The number of fused-ring (bicyclic) bond motifs is 1. The van der Waals surface area contributed by atoms with Crippen LogP contribution in [0.15, 0.2) is 72.9 Å². The lowest BCUT2D eigenvalue weighted by Crippen LogP contribution is -2.44. The van der Waals surface area contributed by atoms with Gasteiger partial charge in [-0.05, 0) is 51.0 Å². The second-order valence-corrected chi connectivity index (χ2v) is 9.43. The number of carbonyl (C=O) groups is 1. The number of hydrogen-bond acceptors (Lipinski definition) is 4. The molecule has 2 heterocycles. The summed E-state index contributed by atoms with van der Waals surface area (Å²) in [6.45, 7) is 7.67. The summed E-state index contributed by atoms with van der Waals surface area (Å²) in [5.74, 6) is 0. The molecule has 2 aromatic heterocycles. The van der Waals surface area contributed by atoms with Gasteiger partial charge in [-0.3, -0.25) is 9.88 Å². The first-order chi connectivity index (χ1) is 16.1. The van der Waals surface area contributed by atoms with Gasteiger partial charge < -0.3 is 10.2 Å². The lowest BCUT2D eigenvalue weighted by atomic mass is 9.96. The standard InChI is InChI=1S/C28H29N3O3/c1-18(32)25-23-16-22(20-8-6-5-7-9-20)26(30-24(23)14-15-29-25)21-12-10-19(11-13-21)17-31(27(33)34)28(2,3)4/h5-16,18,32H,17H2,1-4H3,(H,33,34). The van der Waals surface area contributed by atoms with E-state index in [9.17, 15) is 15.0 Å². The van der Waals surface area contributed by atoms with Crippen LogP contribution >= 0.6 is 0 Å². The fourth-order valence-corrected chi connectivity index (χ4v) is 4.05. The van der Waals surface area contributed by atoms with E-state index < -0.39 is 17.7 Å². The van der Waals surface area contributed by atoms with Crippen molar-refractivity contribution >= 4 is 17.0 Å². The number of aliphatic hydroxyl groups excluding tert-OH is 1. The van der Waals surface area contributed by atoms with Gasteiger partial charge in [-0.25, -0.2) is 9.78 Å². The smallest absolute Gasteiger partial charge is 0.408 e. The average molecular weight is 456 g/mol. The van der Waals surface area contributed by atoms with Crippen LogP contribution in [0.2, 0.25) is 0 Å². The van der Waals surface area contributed by atoms with E-state index in [0.717, 1.165) is 38.9 Å². The van der Waals surface area contributed by atoms with Gasteiger partial charge in [0.25, 0.3) is 0 Å². The summed E-state index contributed by atoms with van der Waals surface area (Å²) in [6, 6.07) is 21.8. The predicted octanol–water partition coefficient (Wildman–Crippen LogP) is 6.30. The molecule has 1 atom stereocenters. The number of pyridine rings is 2. The number of hydrogen-bond donors (Lipinski definition) is 2. The molecule has 4 rings (SSSR count). The number of aliphatic hydroxyl groups is 1. The van der Waals surface area contributed by atoms with Gasteiger partial charge in [0.15, 0.2) is 0 Å². The average Bonchev–Trinajstić information content (AvgIpc) is 2.81. The minimum Gasteiger partial charge on any atom is -0.465 e. The van der Waals surface area contributed by atoms with Gasteiger partial charge in [0.1, 0.15) is 0 Å². The van der Waals surface area contributed by atoms with Crippen molar-refractivity contribution in [3.63, 3.8) is 0 Å². The van der Waals surface area contributed by atoms with Crippen molar-refractivity contribution < 1.29 is 15.0 Å². The Morgan fingerprint density at radius 1 is 1.00 bits per heavy atom. The second-order valence-electron chi connectivity index (χ2n) is 9.43. The molecule has 0 saturated heterocycles. The summed E-state index contributed by atoms with van der Waals surface area (Å²) in [4.78, 5) is 22.5. The zero-order valence-corrected chi connectivity index (χ0v) is 19.9. The Balaban J connectivity index is 1.81. The molecule has 1 amide bonds. The lowest BCUT2D eigenvalue weighted by molar-refractivity contribution is 0.0955. The van der Waals surface area contributed by atoms with E-state index in [0.29, 0.717) is 12.2 Å². The Labute approximate surface area is 199 Å². The molecular weight excluding hydrogens is 426 g/mol. The zero-order valence-electron chi connectivity index (χ0n) is 19.9. The van der Waals surface area contributed by atoms with E-state index in [2.05, 4.69) is 4.98 Å². The van der Waals surface area contributed by atoms with Crippen molar-refractivity contribution in [3.8, 4) is 22.4 Å². The van der Waals surface area contributed by atoms with E-state index in [4.69, 9.17) is 4.98 Å². The molecule has 2 N–H and O–H groups in total. The number of nitrogens with zero attached hydrogens (tertiary/aromatic N) is 3. The number of aromatic nitrogens is 2. The Morgan fingerprint density at radius 3 is 2.26 bits per heavy atom. The number of benzene rings is 2. The first kappa shape index (κ1) is 23.4. The molecule has 2 aromatic carbocycles. The SMILES string of the molecule is CC(O)c1nccc2nc(-c3ccc(CN(C(=O)O)C(C)(C)C)cc3)c(-c3ccccc3)cc12. The molecule has 4 aromatic rings. The van der Waals surface area contributed by atoms with Crippen molar-refractivity contribution in [3.05, 3.63) is 84.2 Å². The molecule has 6 nitrogen and oxygen atoms in total. The van der Waals surface area contributed by atoms with Crippen molar-refractivity contribution in [2.45, 2.75) is 45.9 Å². The maximum atomic E-state index is 11.7. The molecule has 34 heavy (non-hydrogen) atoms. The Hall–Kier alpha value is -3.77. The van der Waals surface area contributed by atoms with Crippen LogP contribution in [0, 0.1) is 0 Å². The molecule has 0 aliphatic rings.